The van der Waals surface area contributed by atoms with Crippen molar-refractivity contribution in [1.82, 2.24) is 30.7 Å². The van der Waals surface area contributed by atoms with Gasteiger partial charge in [-0.1, -0.05) is 0 Å². The lowest BCUT2D eigenvalue weighted by molar-refractivity contribution is -0.142. The summed E-state index contributed by atoms with van der Waals surface area (Å²) in [5, 5.41) is 8.36. The zero-order valence-corrected chi connectivity index (χ0v) is 35.1. The Balaban J connectivity index is 5.03. The van der Waals surface area contributed by atoms with Crippen molar-refractivity contribution in [2.75, 3.05) is 133 Å². The Hall–Kier alpha value is -4.11. The second kappa shape index (κ2) is 32.9. The molecule has 0 saturated carbocycles. The van der Waals surface area contributed by atoms with Crippen LogP contribution in [-0.4, -0.2) is 195 Å². The van der Waals surface area contributed by atoms with Gasteiger partial charge >= 0.3 is 30.0 Å². The highest BCUT2D eigenvalue weighted by Crippen LogP contribution is 2.06. The Bertz CT molecular complexity index is 1080. The second-order valence-corrected chi connectivity index (χ2v) is 13.7. The van der Waals surface area contributed by atoms with Gasteiger partial charge in [0.15, 0.2) is 0 Å². The van der Waals surface area contributed by atoms with Crippen molar-refractivity contribution in [3.05, 3.63) is 0 Å². The van der Waals surface area contributed by atoms with Gasteiger partial charge in [0.1, 0.15) is 5.60 Å². The first-order chi connectivity index (χ1) is 27.1. The largest absolute Gasteiger partial charge is 0.469 e. The lowest BCUT2D eigenvalue weighted by Gasteiger charge is -2.23. The highest BCUT2D eigenvalue weighted by molar-refractivity contribution is 5.77. The van der Waals surface area contributed by atoms with E-state index in [4.69, 9.17) is 33.2 Å². The highest BCUT2D eigenvalue weighted by Gasteiger charge is 2.17. The number of methoxy groups -OCH3 is 4. The number of alkyl carbamates (subject to hydrolysis) is 1. The summed E-state index contributed by atoms with van der Waals surface area (Å²) in [6.45, 7) is 10.7. The Morgan fingerprint density at radius 3 is 1.14 bits per heavy atom. The normalized spacial score (nSPS) is 11.3. The first kappa shape index (κ1) is 52.9. The van der Waals surface area contributed by atoms with Gasteiger partial charge in [0.2, 0.25) is 11.8 Å². The van der Waals surface area contributed by atoms with Crippen LogP contribution >= 0.6 is 0 Å². The number of ether oxygens (including phenoxy) is 7. The monoisotopic (exact) mass is 820 g/mol. The molecule has 0 spiro atoms. The van der Waals surface area contributed by atoms with E-state index in [1.807, 2.05) is 14.7 Å². The topological polar surface area (TPSA) is 230 Å². The third kappa shape index (κ3) is 32.7. The zero-order valence-electron chi connectivity index (χ0n) is 35.1. The molecule has 0 atom stereocenters. The van der Waals surface area contributed by atoms with Crippen molar-refractivity contribution in [1.29, 1.82) is 0 Å². The minimum atomic E-state index is -0.590. The van der Waals surface area contributed by atoms with E-state index >= 15 is 0 Å². The number of hydrogen-bond acceptors (Lipinski definition) is 17. The van der Waals surface area contributed by atoms with Gasteiger partial charge in [0.05, 0.1) is 80.6 Å². The second-order valence-electron chi connectivity index (χ2n) is 13.7. The molecule has 0 unspecified atom stereocenters. The molecule has 0 aromatic heterocycles. The van der Waals surface area contributed by atoms with E-state index in [1.165, 1.54) is 28.4 Å². The minimum absolute atomic E-state index is 0.136. The van der Waals surface area contributed by atoms with Gasteiger partial charge in [-0.15, -0.1) is 0 Å². The molecule has 20 heteroatoms. The van der Waals surface area contributed by atoms with Gasteiger partial charge in [-0.25, -0.2) is 4.79 Å². The van der Waals surface area contributed by atoms with Crippen LogP contribution in [0.3, 0.4) is 0 Å². The van der Waals surface area contributed by atoms with Crippen LogP contribution < -0.4 is 16.0 Å². The standard InChI is InChI=1S/C37H68N6O14/c1-37(2,3)57-36(50)40-16-26-55-28-29-56-27-25-43(17-8-30(44)38-14-23-41(19-10-32(46)51-4)20-11-33(47)52-5)18-9-31(45)39-15-24-42(21-12-34(48)53-6)22-13-35(49)54-7/h8-29H2,1-7H3,(H,38,44)(H,39,45)(H,40,50). The van der Waals surface area contributed by atoms with Crippen LogP contribution in [0, 0.1) is 0 Å². The van der Waals surface area contributed by atoms with Crippen molar-refractivity contribution in [2.45, 2.75) is 64.9 Å². The molecule has 0 heterocycles. The van der Waals surface area contributed by atoms with Crippen LogP contribution in [0.15, 0.2) is 0 Å². The number of carbonyl (C=O) groups excluding carboxylic acids is 7. The fourth-order valence-electron chi connectivity index (χ4n) is 4.87. The summed E-state index contributed by atoms with van der Waals surface area (Å²) >= 11 is 0. The summed E-state index contributed by atoms with van der Waals surface area (Å²) in [7, 11) is 5.21. The molecule has 0 aliphatic heterocycles. The van der Waals surface area contributed by atoms with Gasteiger partial charge < -0.3 is 63.8 Å². The average molecular weight is 821 g/mol. The first-order valence-electron chi connectivity index (χ1n) is 19.2. The molecule has 0 fully saturated rings. The molecule has 0 radical (unpaired) electrons. The quantitative estimate of drug-likeness (QED) is 0.0439. The van der Waals surface area contributed by atoms with Gasteiger partial charge in [-0.3, -0.25) is 28.8 Å². The SMILES string of the molecule is COC(=O)CCN(CCNC(=O)CCN(CCOCCOCCNC(=O)OC(C)(C)C)CCC(=O)NCCN(CCC(=O)OC)CCC(=O)OC)CCC(=O)OC. The molecule has 0 aromatic rings. The van der Waals surface area contributed by atoms with E-state index in [2.05, 4.69) is 16.0 Å². The smallest absolute Gasteiger partial charge is 0.407 e. The molecule has 3 N–H and O–H groups in total. The molecule has 0 rings (SSSR count). The first-order valence-corrected chi connectivity index (χ1v) is 19.2. The lowest BCUT2D eigenvalue weighted by atomic mass is 10.2. The molecule has 3 amide bonds. The van der Waals surface area contributed by atoms with Crippen molar-refractivity contribution in [3.8, 4) is 0 Å². The highest BCUT2D eigenvalue weighted by atomic mass is 16.6. The molecule has 330 valence electrons. The van der Waals surface area contributed by atoms with Gasteiger partial charge in [-0.05, 0) is 20.8 Å². The number of rotatable bonds is 33. The third-order valence-corrected chi connectivity index (χ3v) is 8.09. The van der Waals surface area contributed by atoms with Crippen molar-refractivity contribution >= 4 is 41.8 Å². The van der Waals surface area contributed by atoms with Crippen LogP contribution in [0.5, 0.6) is 0 Å². The van der Waals surface area contributed by atoms with E-state index < -0.39 is 11.7 Å². The van der Waals surface area contributed by atoms with Crippen molar-refractivity contribution < 1.29 is 66.7 Å². The Labute approximate surface area is 337 Å². The van der Waals surface area contributed by atoms with Crippen LogP contribution in [0.4, 0.5) is 4.79 Å². The van der Waals surface area contributed by atoms with E-state index in [0.717, 1.165) is 0 Å². The van der Waals surface area contributed by atoms with Crippen molar-refractivity contribution in [3.63, 3.8) is 0 Å². The summed E-state index contributed by atoms with van der Waals surface area (Å²) in [6.07, 6.45) is 0.316. The number of carbonyl (C=O) groups is 7. The molecule has 0 saturated heterocycles. The Morgan fingerprint density at radius 2 is 0.772 bits per heavy atom. The summed E-state index contributed by atoms with van der Waals surface area (Å²) in [5.41, 5.74) is -0.590. The third-order valence-electron chi connectivity index (χ3n) is 8.09. The summed E-state index contributed by atoms with van der Waals surface area (Å²) in [6, 6.07) is 0. The molecule has 0 aromatic carbocycles. The molecule has 0 bridgehead atoms. The number of esters is 4. The molecule has 57 heavy (non-hydrogen) atoms. The molecule has 0 aliphatic rings. The summed E-state index contributed by atoms with van der Waals surface area (Å²) < 4.78 is 35.2. The fourth-order valence-corrected chi connectivity index (χ4v) is 4.87. The maximum absolute atomic E-state index is 12.8. The average Bonchev–Trinajstić information content (AvgIpc) is 3.17. The van der Waals surface area contributed by atoms with Gasteiger partial charge in [0, 0.05) is 91.4 Å². The van der Waals surface area contributed by atoms with E-state index in [1.54, 1.807) is 20.8 Å². The maximum atomic E-state index is 12.8. The van der Waals surface area contributed by atoms with Crippen LogP contribution in [-0.2, 0) is 61.9 Å². The summed E-state index contributed by atoms with van der Waals surface area (Å²) in [4.78, 5) is 89.6. The van der Waals surface area contributed by atoms with Crippen LogP contribution in [0.1, 0.15) is 59.3 Å². The van der Waals surface area contributed by atoms with Gasteiger partial charge in [0.25, 0.3) is 0 Å². The predicted octanol–water partition coefficient (Wildman–Crippen LogP) is -0.285. The van der Waals surface area contributed by atoms with Crippen LogP contribution in [0.2, 0.25) is 0 Å². The molecule has 20 nitrogen and oxygen atoms in total. The van der Waals surface area contributed by atoms with Crippen molar-refractivity contribution in [2.24, 2.45) is 0 Å². The van der Waals surface area contributed by atoms with E-state index in [9.17, 15) is 33.6 Å². The molecular formula is C37H68N6O14. The maximum Gasteiger partial charge on any atom is 0.407 e. The Kier molecular flexibility index (Phi) is 30.5. The van der Waals surface area contributed by atoms with Gasteiger partial charge in [-0.2, -0.15) is 0 Å². The molecular weight excluding hydrogens is 752 g/mol. The van der Waals surface area contributed by atoms with Crippen LogP contribution in [0.25, 0.3) is 0 Å². The number of amides is 3. The summed E-state index contributed by atoms with van der Waals surface area (Å²) in [5.74, 6) is -1.94. The lowest BCUT2D eigenvalue weighted by Crippen LogP contribution is -2.40. The minimum Gasteiger partial charge on any atom is -0.469 e. The molecule has 0 aliphatic carbocycles. The van der Waals surface area contributed by atoms with E-state index in [0.29, 0.717) is 78.7 Å². The Morgan fingerprint density at radius 1 is 0.421 bits per heavy atom. The fraction of sp³-hybridized carbons (Fsp3) is 0.811. The number of nitrogens with one attached hydrogen (secondary N) is 3. The predicted molar refractivity (Wildman–Crippen MR) is 207 cm³/mol. The zero-order chi connectivity index (χ0) is 42.9. The van der Waals surface area contributed by atoms with E-state index in [-0.39, 0.29) is 100 Å². The number of nitrogens with zero attached hydrogens (tertiary/aromatic N) is 3. The number of hydrogen-bond donors (Lipinski definition) is 3.